The molecule has 2 rings (SSSR count). The average Bonchev–Trinajstić information content (AvgIpc) is 2.62. The highest BCUT2D eigenvalue weighted by atomic mass is 16.5. The van der Waals surface area contributed by atoms with E-state index in [-0.39, 0.29) is 14.0 Å². The van der Waals surface area contributed by atoms with Crippen molar-refractivity contribution in [3.05, 3.63) is 71.3 Å². The molecule has 0 saturated heterocycles. The molecule has 5 nitrogen and oxygen atoms in total. The van der Waals surface area contributed by atoms with Crippen molar-refractivity contribution in [2.45, 2.75) is 20.0 Å². The van der Waals surface area contributed by atoms with Crippen LogP contribution in [0.1, 0.15) is 24.1 Å². The standard InChI is InChI=1S/C18H21N3O2.CH4/c19-12-17(18(22)21-23)20-13-16-10-8-15(9-11-16)7-6-14-4-2-1-3-5-14;/h1-11,17,20,23H,12-13,19H2,(H,21,22);1H4/b7-6+;/t17-;/m0./s1. The van der Waals surface area contributed by atoms with Crippen LogP contribution >= 0.6 is 0 Å². The lowest BCUT2D eigenvalue weighted by molar-refractivity contribution is -0.131. The Balaban J connectivity index is 0.00000288. The van der Waals surface area contributed by atoms with Gasteiger partial charge in [0.05, 0.1) is 0 Å². The highest BCUT2D eigenvalue weighted by molar-refractivity contribution is 5.80. The van der Waals surface area contributed by atoms with Gasteiger partial charge in [-0.1, -0.05) is 74.2 Å². The zero-order valence-corrected chi connectivity index (χ0v) is 12.8. The summed E-state index contributed by atoms with van der Waals surface area (Å²) in [5.41, 5.74) is 10.4. The molecule has 1 atom stereocenters. The predicted molar refractivity (Wildman–Crippen MR) is 98.2 cm³/mol. The molecule has 2 aromatic rings. The van der Waals surface area contributed by atoms with E-state index in [1.165, 1.54) is 0 Å². The van der Waals surface area contributed by atoms with Crippen LogP contribution < -0.4 is 16.5 Å². The summed E-state index contributed by atoms with van der Waals surface area (Å²) >= 11 is 0. The van der Waals surface area contributed by atoms with Gasteiger partial charge >= 0.3 is 0 Å². The molecule has 0 fully saturated rings. The van der Waals surface area contributed by atoms with E-state index in [2.05, 4.69) is 17.5 Å². The van der Waals surface area contributed by atoms with Gasteiger partial charge in [-0.25, -0.2) is 5.48 Å². The molecule has 5 heteroatoms. The molecular formula is C19H25N3O2. The second-order valence-corrected chi connectivity index (χ2v) is 5.13. The third-order valence-corrected chi connectivity index (χ3v) is 3.46. The molecule has 0 saturated carbocycles. The van der Waals surface area contributed by atoms with Crippen LogP contribution in [0, 0.1) is 0 Å². The molecule has 0 heterocycles. The first-order valence-corrected chi connectivity index (χ1v) is 7.42. The first-order valence-electron chi connectivity index (χ1n) is 7.42. The Hall–Kier alpha value is -2.47. The summed E-state index contributed by atoms with van der Waals surface area (Å²) in [6.45, 7) is 0.613. The maximum Gasteiger partial charge on any atom is 0.261 e. The van der Waals surface area contributed by atoms with Gasteiger partial charge in [-0.3, -0.25) is 10.0 Å². The summed E-state index contributed by atoms with van der Waals surface area (Å²) in [7, 11) is 0. The topological polar surface area (TPSA) is 87.4 Å². The lowest BCUT2D eigenvalue weighted by Crippen LogP contribution is -2.47. The first kappa shape index (κ1) is 19.6. The zero-order valence-electron chi connectivity index (χ0n) is 12.8. The second kappa shape index (κ2) is 10.3. The number of carbonyl (C=O) groups is 1. The van der Waals surface area contributed by atoms with Crippen molar-refractivity contribution in [3.63, 3.8) is 0 Å². The Labute approximate surface area is 143 Å². The van der Waals surface area contributed by atoms with E-state index in [9.17, 15) is 4.79 Å². The van der Waals surface area contributed by atoms with Crippen LogP contribution in [0.15, 0.2) is 54.6 Å². The van der Waals surface area contributed by atoms with E-state index in [1.807, 2.05) is 54.6 Å². The van der Waals surface area contributed by atoms with Crippen LogP contribution in [0.4, 0.5) is 0 Å². The average molecular weight is 327 g/mol. The lowest BCUT2D eigenvalue weighted by atomic mass is 10.1. The van der Waals surface area contributed by atoms with Crippen LogP contribution in [0.3, 0.4) is 0 Å². The number of hydroxylamine groups is 1. The number of hydrogen-bond donors (Lipinski definition) is 4. The number of nitrogens with two attached hydrogens (primary N) is 1. The normalized spacial score (nSPS) is 11.8. The van der Waals surface area contributed by atoms with Gasteiger partial charge in [0.1, 0.15) is 6.04 Å². The monoisotopic (exact) mass is 327 g/mol. The van der Waals surface area contributed by atoms with Crippen molar-refractivity contribution in [2.75, 3.05) is 6.54 Å². The highest BCUT2D eigenvalue weighted by Gasteiger charge is 2.14. The van der Waals surface area contributed by atoms with Gasteiger partial charge in [-0.15, -0.1) is 0 Å². The van der Waals surface area contributed by atoms with Crippen LogP contribution in [0.2, 0.25) is 0 Å². The molecule has 2 aromatic carbocycles. The summed E-state index contributed by atoms with van der Waals surface area (Å²) in [4.78, 5) is 11.3. The summed E-state index contributed by atoms with van der Waals surface area (Å²) in [6.07, 6.45) is 4.11. The van der Waals surface area contributed by atoms with E-state index in [0.29, 0.717) is 6.54 Å². The van der Waals surface area contributed by atoms with Gasteiger partial charge in [-0.2, -0.15) is 0 Å². The van der Waals surface area contributed by atoms with Crippen molar-refractivity contribution in [2.24, 2.45) is 5.73 Å². The molecule has 0 bridgehead atoms. The van der Waals surface area contributed by atoms with Crippen molar-refractivity contribution in [1.29, 1.82) is 0 Å². The number of hydrogen-bond acceptors (Lipinski definition) is 4. The number of benzene rings is 2. The van der Waals surface area contributed by atoms with E-state index in [0.717, 1.165) is 16.7 Å². The molecule has 0 aliphatic carbocycles. The lowest BCUT2D eigenvalue weighted by Gasteiger charge is -2.14. The Morgan fingerprint density at radius 3 is 2.17 bits per heavy atom. The van der Waals surface area contributed by atoms with E-state index in [1.54, 1.807) is 5.48 Å². The molecule has 0 unspecified atom stereocenters. The van der Waals surface area contributed by atoms with Crippen molar-refractivity contribution < 1.29 is 10.0 Å². The Kier molecular flexibility index (Phi) is 8.43. The third kappa shape index (κ3) is 5.96. The maximum atomic E-state index is 11.3. The molecule has 0 radical (unpaired) electrons. The SMILES string of the molecule is C.NC[C@H](NCc1ccc(/C=C/c2ccccc2)cc1)C(=O)NO. The van der Waals surface area contributed by atoms with E-state index >= 15 is 0 Å². The van der Waals surface area contributed by atoms with Gasteiger partial charge in [0.25, 0.3) is 5.91 Å². The molecule has 0 aliphatic heterocycles. The zero-order chi connectivity index (χ0) is 16.5. The number of carbonyl (C=O) groups excluding carboxylic acids is 1. The van der Waals surface area contributed by atoms with Crippen LogP contribution in [0.5, 0.6) is 0 Å². The van der Waals surface area contributed by atoms with Crippen LogP contribution in [0.25, 0.3) is 12.2 Å². The molecule has 0 aromatic heterocycles. The molecule has 128 valence electrons. The van der Waals surface area contributed by atoms with Crippen molar-refractivity contribution in [1.82, 2.24) is 10.8 Å². The van der Waals surface area contributed by atoms with Crippen molar-refractivity contribution in [3.8, 4) is 0 Å². The van der Waals surface area contributed by atoms with Crippen molar-refractivity contribution >= 4 is 18.1 Å². The summed E-state index contributed by atoms with van der Waals surface area (Å²) in [5.74, 6) is -0.532. The number of nitrogens with one attached hydrogen (secondary N) is 2. The van der Waals surface area contributed by atoms with E-state index in [4.69, 9.17) is 10.9 Å². The van der Waals surface area contributed by atoms with Crippen LogP contribution in [-0.4, -0.2) is 23.7 Å². The summed E-state index contributed by atoms with van der Waals surface area (Å²) < 4.78 is 0. The fourth-order valence-corrected chi connectivity index (χ4v) is 2.11. The maximum absolute atomic E-state index is 11.3. The van der Waals surface area contributed by atoms with Gasteiger partial charge in [0.2, 0.25) is 0 Å². The second-order valence-electron chi connectivity index (χ2n) is 5.13. The summed E-state index contributed by atoms with van der Waals surface area (Å²) in [5, 5.41) is 11.6. The Bertz CT molecular complexity index is 639. The molecule has 0 aliphatic rings. The smallest absolute Gasteiger partial charge is 0.261 e. The van der Waals surface area contributed by atoms with E-state index < -0.39 is 11.9 Å². The highest BCUT2D eigenvalue weighted by Crippen LogP contribution is 2.10. The molecule has 24 heavy (non-hydrogen) atoms. The molecule has 1 amide bonds. The number of amides is 1. The molecule has 0 spiro atoms. The van der Waals surface area contributed by atoms with Gasteiger partial charge in [0, 0.05) is 13.1 Å². The van der Waals surface area contributed by atoms with Gasteiger partial charge < -0.3 is 11.1 Å². The van der Waals surface area contributed by atoms with Gasteiger partial charge in [-0.05, 0) is 16.7 Å². The molecular weight excluding hydrogens is 302 g/mol. The largest absolute Gasteiger partial charge is 0.328 e. The quantitative estimate of drug-likeness (QED) is 0.357. The van der Waals surface area contributed by atoms with Crippen LogP contribution in [-0.2, 0) is 11.3 Å². The molecule has 5 N–H and O–H groups in total. The first-order chi connectivity index (χ1) is 11.2. The minimum absolute atomic E-state index is 0. The Morgan fingerprint density at radius 1 is 1.04 bits per heavy atom. The Morgan fingerprint density at radius 2 is 1.62 bits per heavy atom. The number of rotatable bonds is 7. The summed E-state index contributed by atoms with van der Waals surface area (Å²) in [6, 6.07) is 17.5. The predicted octanol–water partition coefficient (Wildman–Crippen LogP) is 2.42. The fourth-order valence-electron chi connectivity index (χ4n) is 2.11. The fraction of sp³-hybridized carbons (Fsp3) is 0.211. The minimum atomic E-state index is -0.613. The minimum Gasteiger partial charge on any atom is -0.328 e. The third-order valence-electron chi connectivity index (χ3n) is 3.46. The van der Waals surface area contributed by atoms with Gasteiger partial charge in [0.15, 0.2) is 0 Å².